The molecule has 0 fully saturated rings. The third kappa shape index (κ3) is 5.93. The second kappa shape index (κ2) is 11.4. The first-order valence-corrected chi connectivity index (χ1v) is 11.6. The van der Waals surface area contributed by atoms with Crippen LogP contribution in [0.2, 0.25) is 10.0 Å². The summed E-state index contributed by atoms with van der Waals surface area (Å²) in [6, 6.07) is 14.3. The zero-order chi connectivity index (χ0) is 24.8. The van der Waals surface area contributed by atoms with Crippen molar-refractivity contribution in [3.05, 3.63) is 86.7 Å². The molecule has 0 saturated heterocycles. The first-order chi connectivity index (χ1) is 16.2. The highest BCUT2D eigenvalue weighted by Crippen LogP contribution is 2.43. The quantitative estimate of drug-likeness (QED) is 0.362. The third-order valence-electron chi connectivity index (χ3n) is 5.16. The number of benzene rings is 2. The predicted molar refractivity (Wildman–Crippen MR) is 132 cm³/mol. The van der Waals surface area contributed by atoms with E-state index in [0.29, 0.717) is 27.7 Å². The lowest BCUT2D eigenvalue weighted by Crippen LogP contribution is -2.33. The van der Waals surface area contributed by atoms with Gasteiger partial charge in [0, 0.05) is 11.4 Å². The molecule has 1 atom stereocenters. The Hall–Kier alpha value is -2.96. The van der Waals surface area contributed by atoms with E-state index >= 15 is 0 Å². The zero-order valence-electron chi connectivity index (χ0n) is 19.5. The monoisotopic (exact) mass is 503 g/mol. The normalized spacial score (nSPS) is 15.8. The second-order valence-corrected chi connectivity index (χ2v) is 8.82. The fourth-order valence-corrected chi connectivity index (χ4v) is 4.17. The number of allylic oxidation sites excluding steroid dienone is 2. The van der Waals surface area contributed by atoms with Gasteiger partial charge in [0.05, 0.1) is 33.2 Å². The van der Waals surface area contributed by atoms with Crippen molar-refractivity contribution >= 4 is 35.1 Å². The van der Waals surface area contributed by atoms with Crippen molar-refractivity contribution in [2.24, 2.45) is 0 Å². The van der Waals surface area contributed by atoms with Crippen molar-refractivity contribution in [3.8, 4) is 5.75 Å². The maximum Gasteiger partial charge on any atom is 0.337 e. The molecule has 0 bridgehead atoms. The summed E-state index contributed by atoms with van der Waals surface area (Å²) in [5, 5.41) is 3.68. The smallest absolute Gasteiger partial charge is 0.337 e. The largest absolute Gasteiger partial charge is 0.490 e. The Morgan fingerprint density at radius 3 is 2.21 bits per heavy atom. The van der Waals surface area contributed by atoms with Crippen LogP contribution in [0.15, 0.2) is 71.1 Å². The molecular formula is C26H27Cl2NO5. The molecule has 1 unspecified atom stereocenters. The number of esters is 2. The SMILES string of the molecule is CC1=C(C(=O)OCCOc2ccccc2)C(c2cccc(Cl)c2Cl)C(C(=O)OC(C)C)=C(C)N1. The Kier molecular flexibility index (Phi) is 8.64. The van der Waals surface area contributed by atoms with Gasteiger partial charge in [-0.2, -0.15) is 0 Å². The summed E-state index contributed by atoms with van der Waals surface area (Å²) in [4.78, 5) is 26.4. The number of carbonyl (C=O) groups excluding carboxylic acids is 2. The molecule has 0 aromatic heterocycles. The highest BCUT2D eigenvalue weighted by atomic mass is 35.5. The Bertz CT molecular complexity index is 1130. The van der Waals surface area contributed by atoms with Crippen molar-refractivity contribution in [1.82, 2.24) is 5.32 Å². The van der Waals surface area contributed by atoms with E-state index in [4.69, 9.17) is 37.4 Å². The van der Waals surface area contributed by atoms with Gasteiger partial charge in [-0.1, -0.05) is 53.5 Å². The minimum atomic E-state index is -0.818. The van der Waals surface area contributed by atoms with Gasteiger partial charge in [0.15, 0.2) is 0 Å². The van der Waals surface area contributed by atoms with Crippen molar-refractivity contribution in [2.75, 3.05) is 13.2 Å². The molecule has 0 amide bonds. The van der Waals surface area contributed by atoms with Crippen molar-refractivity contribution in [1.29, 1.82) is 0 Å². The molecule has 1 aliphatic heterocycles. The van der Waals surface area contributed by atoms with E-state index in [1.165, 1.54) is 0 Å². The predicted octanol–water partition coefficient (Wildman–Crippen LogP) is 5.80. The molecule has 2 aromatic carbocycles. The van der Waals surface area contributed by atoms with E-state index in [1.54, 1.807) is 45.9 Å². The molecule has 34 heavy (non-hydrogen) atoms. The average molecular weight is 504 g/mol. The molecule has 180 valence electrons. The highest BCUT2D eigenvalue weighted by Gasteiger charge is 2.39. The lowest BCUT2D eigenvalue weighted by Gasteiger charge is -2.31. The summed E-state index contributed by atoms with van der Waals surface area (Å²) < 4.78 is 16.6. The molecule has 0 radical (unpaired) electrons. The van der Waals surface area contributed by atoms with Gasteiger partial charge in [-0.3, -0.25) is 0 Å². The van der Waals surface area contributed by atoms with Crippen LogP contribution in [0.3, 0.4) is 0 Å². The number of rotatable bonds is 8. The second-order valence-electron chi connectivity index (χ2n) is 8.03. The number of ether oxygens (including phenoxy) is 3. The van der Waals surface area contributed by atoms with Gasteiger partial charge in [0.1, 0.15) is 19.0 Å². The minimum absolute atomic E-state index is 0.0228. The Morgan fingerprint density at radius 1 is 0.912 bits per heavy atom. The third-order valence-corrected chi connectivity index (χ3v) is 6.00. The molecule has 0 spiro atoms. The lowest BCUT2D eigenvalue weighted by atomic mass is 9.80. The standard InChI is InChI=1S/C26H27Cl2NO5/c1-15(2)34-26(31)22-17(4)29-16(3)21(23(22)19-11-8-12-20(27)24(19)28)25(30)33-14-13-32-18-9-6-5-7-10-18/h5-12,15,23,29H,13-14H2,1-4H3. The fraction of sp³-hybridized carbons (Fsp3) is 0.308. The molecule has 1 heterocycles. The maximum atomic E-state index is 13.3. The van der Waals surface area contributed by atoms with Crippen LogP contribution in [0.5, 0.6) is 5.75 Å². The van der Waals surface area contributed by atoms with Gasteiger partial charge in [-0.05, 0) is 51.5 Å². The summed E-state index contributed by atoms with van der Waals surface area (Å²) in [6.45, 7) is 7.21. The van der Waals surface area contributed by atoms with Gasteiger partial charge in [-0.25, -0.2) is 9.59 Å². The number of dihydropyridines is 1. The average Bonchev–Trinajstić information content (AvgIpc) is 2.78. The number of hydrogen-bond donors (Lipinski definition) is 1. The lowest BCUT2D eigenvalue weighted by molar-refractivity contribution is -0.143. The van der Waals surface area contributed by atoms with Gasteiger partial charge in [-0.15, -0.1) is 0 Å². The van der Waals surface area contributed by atoms with Crippen molar-refractivity contribution < 1.29 is 23.8 Å². The first kappa shape index (κ1) is 25.7. The van der Waals surface area contributed by atoms with Gasteiger partial charge >= 0.3 is 11.9 Å². The Labute approximate surface area is 209 Å². The van der Waals surface area contributed by atoms with Gasteiger partial charge in [0.25, 0.3) is 0 Å². The molecule has 2 aromatic rings. The first-order valence-electron chi connectivity index (χ1n) is 10.9. The molecule has 0 saturated carbocycles. The van der Waals surface area contributed by atoms with Gasteiger partial charge in [0.2, 0.25) is 0 Å². The van der Waals surface area contributed by atoms with E-state index in [1.807, 2.05) is 30.3 Å². The Balaban J connectivity index is 1.91. The van der Waals surface area contributed by atoms with Crippen LogP contribution < -0.4 is 10.1 Å². The van der Waals surface area contributed by atoms with Crippen LogP contribution in [0.25, 0.3) is 0 Å². The molecular weight excluding hydrogens is 477 g/mol. The number of para-hydroxylation sites is 1. The topological polar surface area (TPSA) is 73.9 Å². The molecule has 6 nitrogen and oxygen atoms in total. The van der Waals surface area contributed by atoms with Crippen LogP contribution in [0.4, 0.5) is 0 Å². The summed E-state index contributed by atoms with van der Waals surface area (Å²) in [7, 11) is 0. The van der Waals surface area contributed by atoms with E-state index in [-0.39, 0.29) is 35.5 Å². The van der Waals surface area contributed by atoms with Crippen LogP contribution >= 0.6 is 23.2 Å². The number of carbonyl (C=O) groups is 2. The highest BCUT2D eigenvalue weighted by molar-refractivity contribution is 6.42. The van der Waals surface area contributed by atoms with E-state index in [0.717, 1.165) is 0 Å². The molecule has 0 aliphatic carbocycles. The molecule has 1 aliphatic rings. The number of halogens is 2. The van der Waals surface area contributed by atoms with E-state index in [2.05, 4.69) is 5.32 Å². The molecule has 8 heteroatoms. The van der Waals surface area contributed by atoms with Gasteiger partial charge < -0.3 is 19.5 Å². The van der Waals surface area contributed by atoms with Crippen molar-refractivity contribution in [3.63, 3.8) is 0 Å². The summed E-state index contributed by atoms with van der Waals surface area (Å²) in [6.07, 6.45) is -0.346. The van der Waals surface area contributed by atoms with E-state index < -0.39 is 17.9 Å². The summed E-state index contributed by atoms with van der Waals surface area (Å²) >= 11 is 12.8. The minimum Gasteiger partial charge on any atom is -0.490 e. The van der Waals surface area contributed by atoms with E-state index in [9.17, 15) is 9.59 Å². The fourth-order valence-electron chi connectivity index (χ4n) is 3.76. The van der Waals surface area contributed by atoms with Crippen LogP contribution in [0.1, 0.15) is 39.2 Å². The number of hydrogen-bond acceptors (Lipinski definition) is 6. The van der Waals surface area contributed by atoms with Crippen LogP contribution in [-0.2, 0) is 19.1 Å². The maximum absolute atomic E-state index is 13.3. The molecule has 3 rings (SSSR count). The van der Waals surface area contributed by atoms with Crippen LogP contribution in [0, 0.1) is 0 Å². The number of nitrogens with one attached hydrogen (secondary N) is 1. The Morgan fingerprint density at radius 2 is 1.56 bits per heavy atom. The van der Waals surface area contributed by atoms with Crippen molar-refractivity contribution in [2.45, 2.75) is 39.7 Å². The summed E-state index contributed by atoms with van der Waals surface area (Å²) in [5.41, 5.74) is 2.15. The van der Waals surface area contributed by atoms with Crippen LogP contribution in [-0.4, -0.2) is 31.3 Å². The zero-order valence-corrected chi connectivity index (χ0v) is 21.0. The molecule has 1 N–H and O–H groups in total. The summed E-state index contributed by atoms with van der Waals surface area (Å²) in [5.74, 6) is -1.29.